The number of carbonyl (C=O) groups is 1. The van der Waals surface area contributed by atoms with Crippen LogP contribution in [-0.4, -0.2) is 41.9 Å². The third kappa shape index (κ3) is 10.0. The van der Waals surface area contributed by atoms with Crippen molar-refractivity contribution in [2.45, 2.75) is 57.7 Å². The highest BCUT2D eigenvalue weighted by Gasteiger charge is 2.39. The summed E-state index contributed by atoms with van der Waals surface area (Å²) in [4.78, 5) is 13.2. The van der Waals surface area contributed by atoms with Crippen molar-refractivity contribution < 1.29 is 34.3 Å². The van der Waals surface area contributed by atoms with Crippen LogP contribution in [0.1, 0.15) is 34.7 Å². The first-order valence-electron chi connectivity index (χ1n) is 15.7. The molecule has 0 aromatic heterocycles. The van der Waals surface area contributed by atoms with E-state index in [0.29, 0.717) is 22.3 Å². The predicted octanol–water partition coefficient (Wildman–Crippen LogP) is 5.91. The fraction of sp³-hybridized carbons (Fsp3) is 0.286. The number of Topliss-reactive ketones (excluding diaryl/α,β-unsaturated/α-hetero) is 1. The molecule has 6 heteroatoms. The Morgan fingerprint density at radius 3 is 1.39 bits per heavy atom. The third-order valence-electron chi connectivity index (χ3n) is 6.16. The lowest BCUT2D eigenvalue weighted by molar-refractivity contribution is -0.189. The molecule has 0 saturated carbocycles. The van der Waals surface area contributed by atoms with Gasteiger partial charge in [0, 0.05) is 0 Å². The van der Waals surface area contributed by atoms with Gasteiger partial charge >= 0.3 is 0 Å². The summed E-state index contributed by atoms with van der Waals surface area (Å²) >= 11 is 0. The van der Waals surface area contributed by atoms with E-state index in [1.165, 1.54) is 6.92 Å². The second-order valence-electron chi connectivity index (χ2n) is 9.38. The van der Waals surface area contributed by atoms with Gasteiger partial charge in [-0.1, -0.05) is 121 Å². The zero-order chi connectivity index (χ0) is 32.2. The maximum absolute atomic E-state index is 13.2. The lowest BCUT2D eigenvalue weighted by Crippen LogP contribution is -2.52. The highest BCUT2D eigenvalue weighted by Crippen LogP contribution is 2.22. The number of aliphatic hydroxyl groups is 1. The third-order valence-corrected chi connectivity index (χ3v) is 6.16. The first-order chi connectivity index (χ1) is 21.7. The van der Waals surface area contributed by atoms with Crippen molar-refractivity contribution in [1.82, 2.24) is 0 Å². The van der Waals surface area contributed by atoms with E-state index in [1.54, 1.807) is 115 Å². The second-order valence-corrected chi connectivity index (χ2v) is 9.38. The summed E-state index contributed by atoms with van der Waals surface area (Å²) < 4.78 is 58.7. The standard InChI is InChI=1S/C35H38O6/c1-27(36)33(39-23-29-16-8-3-9-17-29)35(41-25-31-20-12-5-13-21-31)34(40-24-30-18-10-4-11-19-30)32(37)26-38-22-28-14-6-2-7-15-28/h2-21,32-35,37H,22-26H2,1H3/t32-,33+,34-,35-/m1/s1/i22D,23D,24D,25D/t22?,23?,24?,25?,32-,33+,34-,35-. The van der Waals surface area contributed by atoms with Crippen LogP contribution in [-0.2, 0) is 50.1 Å². The monoisotopic (exact) mass is 558 g/mol. The van der Waals surface area contributed by atoms with E-state index >= 15 is 0 Å². The minimum atomic E-state index is -1.53. The average Bonchev–Trinajstić information content (AvgIpc) is 3.08. The molecular formula is C35H38O6. The van der Waals surface area contributed by atoms with Gasteiger partial charge in [-0.3, -0.25) is 4.79 Å². The molecule has 0 heterocycles. The van der Waals surface area contributed by atoms with Gasteiger partial charge in [0.25, 0.3) is 0 Å². The van der Waals surface area contributed by atoms with E-state index in [9.17, 15) is 9.90 Å². The van der Waals surface area contributed by atoms with Crippen LogP contribution in [0, 0.1) is 0 Å². The topological polar surface area (TPSA) is 74.2 Å². The maximum atomic E-state index is 13.2. The molecule has 0 fully saturated rings. The molecule has 0 saturated heterocycles. The van der Waals surface area contributed by atoms with Crippen LogP contribution >= 0.6 is 0 Å². The average molecular weight is 559 g/mol. The highest BCUT2D eigenvalue weighted by atomic mass is 16.6. The van der Waals surface area contributed by atoms with Gasteiger partial charge in [-0.15, -0.1) is 0 Å². The van der Waals surface area contributed by atoms with E-state index in [0.717, 1.165) is 0 Å². The number of hydrogen-bond donors (Lipinski definition) is 1. The smallest absolute Gasteiger partial charge is 0.161 e. The fourth-order valence-electron chi connectivity index (χ4n) is 4.04. The zero-order valence-electron chi connectivity index (χ0n) is 26.9. The van der Waals surface area contributed by atoms with Crippen LogP contribution in [0.15, 0.2) is 121 Å². The summed E-state index contributed by atoms with van der Waals surface area (Å²) in [7, 11) is 0. The van der Waals surface area contributed by atoms with Crippen molar-refractivity contribution in [2.24, 2.45) is 0 Å². The summed E-state index contributed by atoms with van der Waals surface area (Å²) in [6, 6.07) is 34.8. The minimum absolute atomic E-state index is 0.420. The van der Waals surface area contributed by atoms with Gasteiger partial charge in [-0.05, 0) is 29.2 Å². The molecule has 0 aliphatic rings. The predicted molar refractivity (Wildman–Crippen MR) is 158 cm³/mol. The molecule has 0 spiro atoms. The number of ether oxygens (including phenoxy) is 4. The van der Waals surface area contributed by atoms with Gasteiger partial charge in [0.05, 0.1) is 38.4 Å². The van der Waals surface area contributed by atoms with Crippen LogP contribution in [0.3, 0.4) is 0 Å². The van der Waals surface area contributed by atoms with Crippen molar-refractivity contribution >= 4 is 5.78 Å². The molecule has 0 radical (unpaired) electrons. The Morgan fingerprint density at radius 1 is 0.610 bits per heavy atom. The van der Waals surface area contributed by atoms with Gasteiger partial charge in [-0.2, -0.15) is 0 Å². The van der Waals surface area contributed by atoms with Crippen LogP contribution < -0.4 is 0 Å². The SMILES string of the molecule is [2H]C(OC[C@@H](O)[C@@H](OC([2H])c1ccccc1)[C@H](OC([2H])c1ccccc1)[C@@H](OC([2H])c1ccccc1)C(C)=O)c1ccccc1. The van der Waals surface area contributed by atoms with Crippen molar-refractivity contribution in [3.8, 4) is 0 Å². The molecule has 41 heavy (non-hydrogen) atoms. The van der Waals surface area contributed by atoms with Crippen LogP contribution in [0.25, 0.3) is 0 Å². The molecule has 4 rings (SSSR count). The minimum Gasteiger partial charge on any atom is -0.388 e. The summed E-state index contributed by atoms with van der Waals surface area (Å²) in [5, 5.41) is 11.6. The quantitative estimate of drug-likeness (QED) is 0.174. The van der Waals surface area contributed by atoms with Crippen molar-refractivity contribution in [1.29, 1.82) is 0 Å². The van der Waals surface area contributed by atoms with Gasteiger partial charge < -0.3 is 24.1 Å². The summed E-state index contributed by atoms with van der Waals surface area (Å²) in [6.45, 7) is -4.26. The normalized spacial score (nSPS) is 18.7. The summed E-state index contributed by atoms with van der Waals surface area (Å²) in [5.41, 5.74) is 2.00. The lowest BCUT2D eigenvalue weighted by atomic mass is 9.99. The molecule has 0 aliphatic carbocycles. The molecule has 4 unspecified atom stereocenters. The van der Waals surface area contributed by atoms with E-state index in [1.807, 2.05) is 6.07 Å². The number of carbonyl (C=O) groups excluding carboxylic acids is 1. The first-order valence-corrected chi connectivity index (χ1v) is 13.4. The van der Waals surface area contributed by atoms with Crippen molar-refractivity contribution in [3.05, 3.63) is 144 Å². The summed E-state index contributed by atoms with van der Waals surface area (Å²) in [6.07, 6.45) is -5.92. The van der Waals surface area contributed by atoms with Gasteiger partial charge in [0.2, 0.25) is 0 Å². The fourth-order valence-corrected chi connectivity index (χ4v) is 4.04. The molecule has 8 atom stereocenters. The number of rotatable bonds is 17. The van der Waals surface area contributed by atoms with E-state index < -0.39 is 63.1 Å². The van der Waals surface area contributed by atoms with E-state index in [2.05, 4.69) is 0 Å². The van der Waals surface area contributed by atoms with Gasteiger partial charge in [0.1, 0.15) is 24.4 Å². The molecule has 1 N–H and O–H groups in total. The highest BCUT2D eigenvalue weighted by molar-refractivity contribution is 5.81. The largest absolute Gasteiger partial charge is 0.388 e. The molecule has 4 aromatic rings. The number of benzene rings is 4. The zero-order valence-corrected chi connectivity index (χ0v) is 22.9. The van der Waals surface area contributed by atoms with Crippen LogP contribution in [0.4, 0.5) is 0 Å². The second kappa shape index (κ2) is 16.6. The van der Waals surface area contributed by atoms with E-state index in [4.69, 9.17) is 24.4 Å². The molecule has 4 aromatic carbocycles. The Hall–Kier alpha value is -3.65. The van der Waals surface area contributed by atoms with Crippen LogP contribution in [0.2, 0.25) is 0 Å². The molecular weight excluding hydrogens is 516 g/mol. The number of hydrogen-bond acceptors (Lipinski definition) is 6. The Kier molecular flexibility index (Phi) is 10.1. The van der Waals surface area contributed by atoms with Crippen molar-refractivity contribution in [2.75, 3.05) is 6.61 Å². The van der Waals surface area contributed by atoms with Crippen LogP contribution in [0.5, 0.6) is 0 Å². The van der Waals surface area contributed by atoms with E-state index in [-0.39, 0.29) is 0 Å². The molecule has 6 nitrogen and oxygen atoms in total. The lowest BCUT2D eigenvalue weighted by Gasteiger charge is -2.35. The molecule has 0 aliphatic heterocycles. The Morgan fingerprint density at radius 2 is 0.976 bits per heavy atom. The molecule has 0 amide bonds. The summed E-state index contributed by atoms with van der Waals surface area (Å²) in [5.74, 6) is -0.529. The Balaban J connectivity index is 1.69. The Labute approximate surface area is 248 Å². The molecule has 214 valence electrons. The number of ketones is 1. The first kappa shape index (κ1) is 25.1. The molecule has 0 bridgehead atoms. The maximum Gasteiger partial charge on any atom is 0.161 e. The van der Waals surface area contributed by atoms with Crippen molar-refractivity contribution in [3.63, 3.8) is 0 Å². The van der Waals surface area contributed by atoms with Gasteiger partial charge in [0.15, 0.2) is 5.78 Å². The van der Waals surface area contributed by atoms with Gasteiger partial charge in [-0.25, -0.2) is 0 Å². The number of aliphatic hydroxyl groups excluding tert-OH is 1. The Bertz CT molecular complexity index is 1420.